The van der Waals surface area contributed by atoms with E-state index in [9.17, 15) is 26.0 Å². The Balaban J connectivity index is 1.65. The molecule has 0 saturated carbocycles. The number of hydrogen-bond acceptors (Lipinski definition) is 7. The first-order valence-corrected chi connectivity index (χ1v) is 14.8. The Kier molecular flexibility index (Phi) is 8.54. The SMILES string of the molecule is COc1ccc(S(=O)(=O)N2CCOCC2)cc1NC(=O)CN(c1ccc(C)cc1)S(=O)(=O)c1ccc(F)cc1. The number of carbonyl (C=O) groups excluding carboxylic acids is 1. The monoisotopic (exact) mass is 577 g/mol. The summed E-state index contributed by atoms with van der Waals surface area (Å²) in [5.41, 5.74) is 1.15. The van der Waals surface area contributed by atoms with Crippen LogP contribution in [-0.2, 0) is 29.6 Å². The van der Waals surface area contributed by atoms with Crippen LogP contribution >= 0.6 is 0 Å². The number of nitrogens with one attached hydrogen (secondary N) is 1. The molecule has 1 aliphatic rings. The second-order valence-corrected chi connectivity index (χ2v) is 12.5. The molecule has 0 radical (unpaired) electrons. The summed E-state index contributed by atoms with van der Waals surface area (Å²) in [6, 6.07) is 14.8. The van der Waals surface area contributed by atoms with Crippen LogP contribution in [0.5, 0.6) is 5.75 Å². The van der Waals surface area contributed by atoms with Crippen molar-refractivity contribution in [2.24, 2.45) is 0 Å². The minimum atomic E-state index is -4.27. The summed E-state index contributed by atoms with van der Waals surface area (Å²) in [5, 5.41) is 2.58. The van der Waals surface area contributed by atoms with E-state index < -0.39 is 38.3 Å². The van der Waals surface area contributed by atoms with Gasteiger partial charge in [-0.15, -0.1) is 0 Å². The summed E-state index contributed by atoms with van der Waals surface area (Å²) in [6.07, 6.45) is 0. The summed E-state index contributed by atoms with van der Waals surface area (Å²) < 4.78 is 79.5. The molecule has 1 fully saturated rings. The predicted octanol–water partition coefficient (Wildman–Crippen LogP) is 3.00. The summed E-state index contributed by atoms with van der Waals surface area (Å²) in [7, 11) is -6.78. The van der Waals surface area contributed by atoms with Crippen molar-refractivity contribution in [2.45, 2.75) is 16.7 Å². The van der Waals surface area contributed by atoms with Gasteiger partial charge in [0.25, 0.3) is 10.0 Å². The third-order valence-electron chi connectivity index (χ3n) is 6.06. The van der Waals surface area contributed by atoms with Gasteiger partial charge in [-0.05, 0) is 61.5 Å². The summed E-state index contributed by atoms with van der Waals surface area (Å²) in [4.78, 5) is 13.0. The lowest BCUT2D eigenvalue weighted by Gasteiger charge is -2.26. The first-order valence-electron chi connectivity index (χ1n) is 11.9. The number of ether oxygens (including phenoxy) is 2. The standard InChI is InChI=1S/C26H28FN3O7S2/c1-19-3-7-21(8-4-19)30(39(34,35)22-9-5-20(27)6-10-22)18-26(31)28-24-17-23(11-12-25(24)36-2)38(32,33)29-13-15-37-16-14-29/h3-12,17H,13-16,18H2,1-2H3,(H,28,31). The van der Waals surface area contributed by atoms with Crippen LogP contribution in [0.3, 0.4) is 0 Å². The fraction of sp³-hybridized carbons (Fsp3) is 0.269. The molecule has 10 nitrogen and oxygen atoms in total. The van der Waals surface area contributed by atoms with Crippen LogP contribution in [0.25, 0.3) is 0 Å². The molecule has 3 aromatic carbocycles. The van der Waals surface area contributed by atoms with E-state index in [0.29, 0.717) is 0 Å². The van der Waals surface area contributed by atoms with E-state index >= 15 is 0 Å². The molecule has 0 atom stereocenters. The minimum absolute atomic E-state index is 0.0554. The molecule has 0 aromatic heterocycles. The number of hydrogen-bond donors (Lipinski definition) is 1. The van der Waals surface area contributed by atoms with E-state index in [1.54, 1.807) is 24.3 Å². The third-order valence-corrected chi connectivity index (χ3v) is 9.75. The number of benzene rings is 3. The fourth-order valence-electron chi connectivity index (χ4n) is 3.96. The first kappa shape index (κ1) is 28.5. The normalized spacial score (nSPS) is 14.5. The Labute approximate surface area is 227 Å². The first-order chi connectivity index (χ1) is 18.5. The van der Waals surface area contributed by atoms with E-state index in [1.165, 1.54) is 29.6 Å². The number of sulfonamides is 2. The number of amides is 1. The highest BCUT2D eigenvalue weighted by Gasteiger charge is 2.29. The van der Waals surface area contributed by atoms with Crippen molar-refractivity contribution in [1.29, 1.82) is 0 Å². The van der Waals surface area contributed by atoms with Crippen LogP contribution in [0, 0.1) is 12.7 Å². The summed E-state index contributed by atoms with van der Waals surface area (Å²) in [5.74, 6) is -1.17. The van der Waals surface area contributed by atoms with Gasteiger partial charge in [-0.3, -0.25) is 9.10 Å². The zero-order chi connectivity index (χ0) is 28.2. The van der Waals surface area contributed by atoms with Gasteiger partial charge in [-0.25, -0.2) is 21.2 Å². The lowest BCUT2D eigenvalue weighted by molar-refractivity contribution is -0.114. The molecular formula is C26H28FN3O7S2. The van der Waals surface area contributed by atoms with Crippen molar-refractivity contribution in [3.05, 3.63) is 78.1 Å². The van der Waals surface area contributed by atoms with Crippen molar-refractivity contribution in [2.75, 3.05) is 49.6 Å². The van der Waals surface area contributed by atoms with Crippen LogP contribution in [0.2, 0.25) is 0 Å². The fourth-order valence-corrected chi connectivity index (χ4v) is 6.82. The van der Waals surface area contributed by atoms with Crippen LogP contribution in [0.1, 0.15) is 5.56 Å². The molecule has 0 unspecified atom stereocenters. The highest BCUT2D eigenvalue weighted by molar-refractivity contribution is 7.92. The number of halogens is 1. The summed E-state index contributed by atoms with van der Waals surface area (Å²) >= 11 is 0. The Hall–Kier alpha value is -3.52. The van der Waals surface area contributed by atoms with Gasteiger partial charge in [-0.1, -0.05) is 17.7 Å². The smallest absolute Gasteiger partial charge is 0.264 e. The average molecular weight is 578 g/mol. The maximum atomic E-state index is 13.5. The number of morpholine rings is 1. The number of carbonyl (C=O) groups is 1. The number of nitrogens with zero attached hydrogens (tertiary/aromatic N) is 2. The Morgan fingerprint density at radius 1 is 0.974 bits per heavy atom. The highest BCUT2D eigenvalue weighted by Crippen LogP contribution is 2.30. The Morgan fingerprint density at radius 3 is 2.21 bits per heavy atom. The number of rotatable bonds is 9. The predicted molar refractivity (Wildman–Crippen MR) is 143 cm³/mol. The number of anilines is 2. The van der Waals surface area contributed by atoms with Crippen LogP contribution in [-0.4, -0.2) is 67.0 Å². The molecule has 3 aromatic rings. The lowest BCUT2D eigenvalue weighted by Crippen LogP contribution is -2.40. The molecule has 1 heterocycles. The lowest BCUT2D eigenvalue weighted by atomic mass is 10.2. The van der Waals surface area contributed by atoms with Gasteiger partial charge in [-0.2, -0.15) is 4.31 Å². The van der Waals surface area contributed by atoms with Gasteiger partial charge < -0.3 is 14.8 Å². The molecule has 1 N–H and O–H groups in total. The molecule has 0 aliphatic carbocycles. The minimum Gasteiger partial charge on any atom is -0.495 e. The second kappa shape index (κ2) is 11.7. The zero-order valence-electron chi connectivity index (χ0n) is 21.3. The van der Waals surface area contributed by atoms with Gasteiger partial charge in [0.1, 0.15) is 18.1 Å². The van der Waals surface area contributed by atoms with Crippen molar-refractivity contribution in [1.82, 2.24) is 4.31 Å². The molecule has 1 aliphatic heterocycles. The van der Waals surface area contributed by atoms with Crippen LogP contribution in [0.4, 0.5) is 15.8 Å². The van der Waals surface area contributed by atoms with Crippen LogP contribution < -0.4 is 14.4 Å². The van der Waals surface area contributed by atoms with E-state index in [-0.39, 0.29) is 53.2 Å². The van der Waals surface area contributed by atoms with Gasteiger partial charge >= 0.3 is 0 Å². The van der Waals surface area contributed by atoms with E-state index in [1.807, 2.05) is 6.92 Å². The van der Waals surface area contributed by atoms with Crippen molar-refractivity contribution < 1.29 is 35.5 Å². The molecule has 4 rings (SSSR count). The molecule has 39 heavy (non-hydrogen) atoms. The Morgan fingerprint density at radius 2 is 1.59 bits per heavy atom. The average Bonchev–Trinajstić information content (AvgIpc) is 2.93. The van der Waals surface area contributed by atoms with E-state index in [2.05, 4.69) is 5.32 Å². The molecule has 1 amide bonds. The molecule has 0 bridgehead atoms. The quantitative estimate of drug-likeness (QED) is 0.415. The van der Waals surface area contributed by atoms with Gasteiger partial charge in [0.15, 0.2) is 0 Å². The second-order valence-electron chi connectivity index (χ2n) is 8.73. The maximum Gasteiger partial charge on any atom is 0.264 e. The molecule has 208 valence electrons. The zero-order valence-corrected chi connectivity index (χ0v) is 23.0. The molecular weight excluding hydrogens is 549 g/mol. The van der Waals surface area contributed by atoms with Gasteiger partial charge in [0, 0.05) is 13.1 Å². The van der Waals surface area contributed by atoms with Gasteiger partial charge in [0.05, 0.1) is 41.5 Å². The van der Waals surface area contributed by atoms with Gasteiger partial charge in [0.2, 0.25) is 15.9 Å². The third kappa shape index (κ3) is 6.38. The number of methoxy groups -OCH3 is 1. The largest absolute Gasteiger partial charge is 0.495 e. The summed E-state index contributed by atoms with van der Waals surface area (Å²) in [6.45, 7) is 2.13. The molecule has 0 spiro atoms. The van der Waals surface area contributed by atoms with Crippen LogP contribution in [0.15, 0.2) is 76.5 Å². The van der Waals surface area contributed by atoms with Crippen molar-refractivity contribution in [3.8, 4) is 5.75 Å². The van der Waals surface area contributed by atoms with Crippen molar-refractivity contribution in [3.63, 3.8) is 0 Å². The number of aryl methyl sites for hydroxylation is 1. The van der Waals surface area contributed by atoms with E-state index in [0.717, 1.165) is 34.1 Å². The topological polar surface area (TPSA) is 122 Å². The highest BCUT2D eigenvalue weighted by atomic mass is 32.2. The van der Waals surface area contributed by atoms with E-state index in [4.69, 9.17) is 9.47 Å². The Bertz CT molecular complexity index is 1540. The molecule has 13 heteroatoms. The molecule has 1 saturated heterocycles. The van der Waals surface area contributed by atoms with Crippen molar-refractivity contribution >= 4 is 37.3 Å². The maximum absolute atomic E-state index is 13.5.